The van der Waals surface area contributed by atoms with E-state index in [0.717, 1.165) is 23.3 Å². The highest BCUT2D eigenvalue weighted by Gasteiger charge is 2.53. The quantitative estimate of drug-likeness (QED) is 0.780. The molecule has 2 aliphatic rings. The second-order valence-corrected chi connectivity index (χ2v) is 6.57. The molecule has 2 fully saturated rings. The van der Waals surface area contributed by atoms with Crippen LogP contribution in [0.5, 0.6) is 0 Å². The summed E-state index contributed by atoms with van der Waals surface area (Å²) in [5, 5.41) is 6.50. The predicted molar refractivity (Wildman–Crippen MR) is 75.3 cm³/mol. The van der Waals surface area contributed by atoms with Crippen molar-refractivity contribution in [3.8, 4) is 0 Å². The van der Waals surface area contributed by atoms with Crippen molar-refractivity contribution in [1.29, 1.82) is 0 Å². The smallest absolute Gasteiger partial charge is 0.305 e. The number of hydrogen-bond acceptors (Lipinski definition) is 5. The first-order valence-corrected chi connectivity index (χ1v) is 7.85. The summed E-state index contributed by atoms with van der Waals surface area (Å²) in [6, 6.07) is 0. The molecule has 3 rings (SSSR count). The summed E-state index contributed by atoms with van der Waals surface area (Å²) in [6.07, 6.45) is 6.68. The summed E-state index contributed by atoms with van der Waals surface area (Å²) in [4.78, 5) is 15.6. The van der Waals surface area contributed by atoms with E-state index in [4.69, 9.17) is 0 Å². The summed E-state index contributed by atoms with van der Waals surface area (Å²) >= 11 is 1.64. The molecule has 0 aromatic carbocycles. The molecule has 2 saturated carbocycles. The van der Waals surface area contributed by atoms with E-state index in [1.165, 1.54) is 32.8 Å². The number of nitrogens with zero attached hydrogens (tertiary/aromatic N) is 1. The molecule has 2 aliphatic carbocycles. The first kappa shape index (κ1) is 12.9. The molecule has 0 aliphatic heterocycles. The van der Waals surface area contributed by atoms with Gasteiger partial charge in [0.1, 0.15) is 0 Å². The zero-order valence-electron chi connectivity index (χ0n) is 11.3. The molecule has 0 amide bonds. The fraction of sp³-hybridized carbons (Fsp3) is 0.714. The van der Waals surface area contributed by atoms with Crippen molar-refractivity contribution >= 4 is 22.4 Å². The monoisotopic (exact) mass is 280 g/mol. The molecule has 104 valence electrons. The Kier molecular flexibility index (Phi) is 3.48. The van der Waals surface area contributed by atoms with Crippen molar-refractivity contribution in [3.63, 3.8) is 0 Å². The number of hydrogen-bond donors (Lipinski definition) is 1. The standard InChI is InChI=1S/C14H20N2O2S/c1-18-12(17)5-4-11-8-19-13(16-11)15-9-14(6-7-14)10-2-3-10/h8,10H,2-7,9H2,1H3,(H,15,16). The Morgan fingerprint density at radius 3 is 3.00 bits per heavy atom. The lowest BCUT2D eigenvalue weighted by atomic mass is 10.0. The number of aryl methyl sites for hydroxylation is 1. The Hall–Kier alpha value is -1.10. The summed E-state index contributed by atoms with van der Waals surface area (Å²) in [6.45, 7) is 1.07. The topological polar surface area (TPSA) is 51.2 Å². The lowest BCUT2D eigenvalue weighted by Crippen LogP contribution is -2.17. The second kappa shape index (κ2) is 5.12. The largest absolute Gasteiger partial charge is 0.469 e. The lowest BCUT2D eigenvalue weighted by molar-refractivity contribution is -0.140. The summed E-state index contributed by atoms with van der Waals surface area (Å²) in [5.41, 5.74) is 1.58. The molecule has 19 heavy (non-hydrogen) atoms. The zero-order chi connectivity index (χ0) is 13.3. The van der Waals surface area contributed by atoms with Crippen LogP contribution in [0.1, 0.15) is 37.8 Å². The van der Waals surface area contributed by atoms with Gasteiger partial charge in [-0.15, -0.1) is 11.3 Å². The van der Waals surface area contributed by atoms with Gasteiger partial charge in [-0.2, -0.15) is 0 Å². The van der Waals surface area contributed by atoms with Crippen molar-refractivity contribution in [2.24, 2.45) is 11.3 Å². The van der Waals surface area contributed by atoms with Crippen LogP contribution < -0.4 is 5.32 Å². The van der Waals surface area contributed by atoms with Crippen molar-refractivity contribution in [2.45, 2.75) is 38.5 Å². The van der Waals surface area contributed by atoms with Crippen LogP contribution in [0, 0.1) is 11.3 Å². The first-order chi connectivity index (χ1) is 9.22. The number of carbonyl (C=O) groups excluding carboxylic acids is 1. The molecule has 1 aromatic rings. The number of nitrogens with one attached hydrogen (secondary N) is 1. The van der Waals surface area contributed by atoms with E-state index in [1.54, 1.807) is 11.3 Å². The molecule has 0 bridgehead atoms. The molecule has 0 unspecified atom stereocenters. The summed E-state index contributed by atoms with van der Waals surface area (Å²) in [7, 11) is 1.42. The Morgan fingerprint density at radius 1 is 1.58 bits per heavy atom. The maximum Gasteiger partial charge on any atom is 0.305 e. The fourth-order valence-corrected chi connectivity index (χ4v) is 3.42. The van der Waals surface area contributed by atoms with Gasteiger partial charge < -0.3 is 10.1 Å². The van der Waals surface area contributed by atoms with Gasteiger partial charge in [-0.3, -0.25) is 4.79 Å². The van der Waals surface area contributed by atoms with Crippen LogP contribution in [-0.4, -0.2) is 24.6 Å². The van der Waals surface area contributed by atoms with E-state index in [2.05, 4.69) is 15.0 Å². The third-order valence-corrected chi connectivity index (χ3v) is 5.14. The molecule has 0 saturated heterocycles. The zero-order valence-corrected chi connectivity index (χ0v) is 12.1. The number of rotatable bonds is 7. The van der Waals surface area contributed by atoms with Crippen LogP contribution in [0.2, 0.25) is 0 Å². The molecule has 0 spiro atoms. The van der Waals surface area contributed by atoms with Gasteiger partial charge in [-0.05, 0) is 37.0 Å². The average molecular weight is 280 g/mol. The van der Waals surface area contributed by atoms with E-state index < -0.39 is 0 Å². The van der Waals surface area contributed by atoms with E-state index in [9.17, 15) is 4.79 Å². The van der Waals surface area contributed by atoms with Crippen molar-refractivity contribution < 1.29 is 9.53 Å². The number of thiazole rings is 1. The molecule has 1 N–H and O–H groups in total. The van der Waals surface area contributed by atoms with Gasteiger partial charge in [-0.25, -0.2) is 4.98 Å². The number of methoxy groups -OCH3 is 1. The van der Waals surface area contributed by atoms with Crippen LogP contribution in [-0.2, 0) is 16.0 Å². The highest BCUT2D eigenvalue weighted by molar-refractivity contribution is 7.13. The molecular weight excluding hydrogens is 260 g/mol. The Morgan fingerprint density at radius 2 is 2.37 bits per heavy atom. The van der Waals surface area contributed by atoms with Crippen LogP contribution in [0.3, 0.4) is 0 Å². The number of carbonyl (C=O) groups is 1. The van der Waals surface area contributed by atoms with E-state index in [-0.39, 0.29) is 5.97 Å². The van der Waals surface area contributed by atoms with Crippen LogP contribution in [0.25, 0.3) is 0 Å². The highest BCUT2D eigenvalue weighted by Crippen LogP contribution is 2.61. The maximum absolute atomic E-state index is 11.1. The van der Waals surface area contributed by atoms with Crippen molar-refractivity contribution in [1.82, 2.24) is 4.98 Å². The van der Waals surface area contributed by atoms with Crippen LogP contribution >= 0.6 is 11.3 Å². The third-order valence-electron chi connectivity index (χ3n) is 4.29. The minimum absolute atomic E-state index is 0.173. The third kappa shape index (κ3) is 3.08. The SMILES string of the molecule is COC(=O)CCc1csc(NCC2(C3CC3)CC2)n1. The maximum atomic E-state index is 11.1. The predicted octanol–water partition coefficient (Wildman–Crippen LogP) is 2.85. The molecule has 4 nitrogen and oxygen atoms in total. The van der Waals surface area contributed by atoms with Gasteiger partial charge in [0.2, 0.25) is 0 Å². The van der Waals surface area contributed by atoms with Crippen LogP contribution in [0.4, 0.5) is 5.13 Å². The Balaban J connectivity index is 1.46. The Bertz CT molecular complexity index is 464. The molecular formula is C14H20N2O2S. The van der Waals surface area contributed by atoms with Crippen molar-refractivity contribution in [3.05, 3.63) is 11.1 Å². The van der Waals surface area contributed by atoms with Gasteiger partial charge in [0.05, 0.1) is 19.2 Å². The molecule has 1 aromatic heterocycles. The fourth-order valence-electron chi connectivity index (χ4n) is 2.67. The second-order valence-electron chi connectivity index (χ2n) is 5.71. The number of aromatic nitrogens is 1. The van der Waals surface area contributed by atoms with Gasteiger partial charge in [0, 0.05) is 18.3 Å². The average Bonchev–Trinajstić information content (AvgIpc) is 3.32. The lowest BCUT2D eigenvalue weighted by Gasteiger charge is -2.13. The van der Waals surface area contributed by atoms with E-state index >= 15 is 0 Å². The van der Waals surface area contributed by atoms with Gasteiger partial charge in [0.15, 0.2) is 5.13 Å². The minimum atomic E-state index is -0.173. The number of anilines is 1. The summed E-state index contributed by atoms with van der Waals surface area (Å²) < 4.78 is 4.63. The van der Waals surface area contributed by atoms with Gasteiger partial charge in [-0.1, -0.05) is 0 Å². The normalized spacial score (nSPS) is 20.1. The van der Waals surface area contributed by atoms with Crippen LogP contribution in [0.15, 0.2) is 5.38 Å². The van der Waals surface area contributed by atoms with E-state index in [1.807, 2.05) is 5.38 Å². The van der Waals surface area contributed by atoms with Crippen molar-refractivity contribution in [2.75, 3.05) is 19.0 Å². The summed E-state index contributed by atoms with van der Waals surface area (Å²) in [5.74, 6) is 0.798. The minimum Gasteiger partial charge on any atom is -0.469 e. The van der Waals surface area contributed by atoms with Gasteiger partial charge in [0.25, 0.3) is 0 Å². The van der Waals surface area contributed by atoms with Gasteiger partial charge >= 0.3 is 5.97 Å². The number of esters is 1. The molecule has 5 heteroatoms. The molecule has 0 atom stereocenters. The van der Waals surface area contributed by atoms with E-state index in [0.29, 0.717) is 18.3 Å². The molecule has 0 radical (unpaired) electrons. The molecule has 1 heterocycles. The Labute approximate surface area is 117 Å². The highest BCUT2D eigenvalue weighted by atomic mass is 32.1. The first-order valence-electron chi connectivity index (χ1n) is 6.97. The number of ether oxygens (including phenoxy) is 1.